The van der Waals surface area contributed by atoms with Gasteiger partial charge in [-0.3, -0.25) is 14.5 Å². The molecule has 0 radical (unpaired) electrons. The van der Waals surface area contributed by atoms with Crippen molar-refractivity contribution in [2.45, 2.75) is 0 Å². The van der Waals surface area contributed by atoms with Crippen molar-refractivity contribution in [3.8, 4) is 5.75 Å². The number of benzene rings is 1. The third kappa shape index (κ3) is 5.54. The number of rotatable bonds is 6. The minimum absolute atomic E-state index is 0.0613. The van der Waals surface area contributed by atoms with Gasteiger partial charge in [0, 0.05) is 31.9 Å². The Morgan fingerprint density at radius 1 is 1.22 bits per heavy atom. The number of ether oxygens (including phenoxy) is 1. The molecular formula is C16H24N4O3. The molecule has 7 nitrogen and oxygen atoms in total. The van der Waals surface area contributed by atoms with Gasteiger partial charge in [-0.25, -0.2) is 0 Å². The fraction of sp³-hybridized carbons (Fsp3) is 0.500. The van der Waals surface area contributed by atoms with Gasteiger partial charge >= 0.3 is 0 Å². The van der Waals surface area contributed by atoms with Crippen LogP contribution in [0.2, 0.25) is 0 Å². The Kier molecular flexibility index (Phi) is 6.37. The number of anilines is 1. The average Bonchev–Trinajstić information content (AvgIpc) is 2.56. The van der Waals surface area contributed by atoms with Crippen molar-refractivity contribution in [3.63, 3.8) is 0 Å². The molecule has 2 rings (SSSR count). The van der Waals surface area contributed by atoms with E-state index in [1.165, 1.54) is 0 Å². The summed E-state index contributed by atoms with van der Waals surface area (Å²) in [5, 5.41) is 6.02. The van der Waals surface area contributed by atoms with Crippen molar-refractivity contribution < 1.29 is 14.3 Å². The minimum Gasteiger partial charge on any atom is -0.497 e. The zero-order valence-corrected chi connectivity index (χ0v) is 13.7. The first-order chi connectivity index (χ1) is 11.1. The van der Waals surface area contributed by atoms with E-state index in [-0.39, 0.29) is 24.9 Å². The van der Waals surface area contributed by atoms with E-state index >= 15 is 0 Å². The maximum Gasteiger partial charge on any atom is 0.238 e. The van der Waals surface area contributed by atoms with Crippen LogP contribution in [0.15, 0.2) is 24.3 Å². The van der Waals surface area contributed by atoms with Crippen molar-refractivity contribution in [2.24, 2.45) is 0 Å². The molecule has 0 bridgehead atoms. The Morgan fingerprint density at radius 3 is 2.48 bits per heavy atom. The van der Waals surface area contributed by atoms with Crippen LogP contribution in [0.3, 0.4) is 0 Å². The van der Waals surface area contributed by atoms with E-state index < -0.39 is 0 Å². The van der Waals surface area contributed by atoms with Gasteiger partial charge in [0.05, 0.1) is 20.2 Å². The normalized spacial score (nSPS) is 14.7. The Morgan fingerprint density at radius 2 is 1.87 bits per heavy atom. The van der Waals surface area contributed by atoms with Crippen LogP contribution in [0, 0.1) is 0 Å². The summed E-state index contributed by atoms with van der Waals surface area (Å²) in [7, 11) is 3.37. The highest BCUT2D eigenvalue weighted by atomic mass is 16.5. The number of piperazine rings is 1. The van der Waals surface area contributed by atoms with E-state index in [4.69, 9.17) is 4.74 Å². The largest absolute Gasteiger partial charge is 0.497 e. The second-order valence-electron chi connectivity index (χ2n) is 5.58. The molecular weight excluding hydrogens is 296 g/mol. The van der Waals surface area contributed by atoms with Gasteiger partial charge in [-0.2, -0.15) is 0 Å². The van der Waals surface area contributed by atoms with E-state index in [1.54, 1.807) is 43.3 Å². The molecule has 1 heterocycles. The molecule has 2 amide bonds. The fourth-order valence-corrected chi connectivity index (χ4v) is 2.42. The molecule has 7 heteroatoms. The highest BCUT2D eigenvalue weighted by Crippen LogP contribution is 2.14. The van der Waals surface area contributed by atoms with Gasteiger partial charge in [-0.1, -0.05) is 0 Å². The number of nitrogens with zero attached hydrogens (tertiary/aromatic N) is 2. The average molecular weight is 320 g/mol. The number of carbonyl (C=O) groups is 2. The second-order valence-corrected chi connectivity index (χ2v) is 5.58. The molecule has 0 aromatic heterocycles. The predicted octanol–water partition coefficient (Wildman–Crippen LogP) is -0.00270. The number of likely N-dealkylation sites (N-methyl/N-ethyl adjacent to an activating group) is 1. The molecule has 1 saturated heterocycles. The van der Waals surface area contributed by atoms with Gasteiger partial charge in [0.15, 0.2) is 0 Å². The number of nitrogens with one attached hydrogen (secondary N) is 2. The summed E-state index contributed by atoms with van der Waals surface area (Å²) in [5.74, 6) is 0.652. The van der Waals surface area contributed by atoms with Crippen LogP contribution in [0.25, 0.3) is 0 Å². The van der Waals surface area contributed by atoms with Crippen molar-refractivity contribution in [1.82, 2.24) is 15.1 Å². The molecule has 1 aromatic rings. The summed E-state index contributed by atoms with van der Waals surface area (Å²) < 4.78 is 5.07. The van der Waals surface area contributed by atoms with E-state index in [2.05, 4.69) is 10.6 Å². The van der Waals surface area contributed by atoms with E-state index in [9.17, 15) is 9.59 Å². The van der Waals surface area contributed by atoms with Crippen molar-refractivity contribution >= 4 is 17.5 Å². The molecule has 0 aliphatic carbocycles. The van der Waals surface area contributed by atoms with E-state index in [1.807, 2.05) is 4.90 Å². The predicted molar refractivity (Wildman–Crippen MR) is 88.6 cm³/mol. The maximum absolute atomic E-state index is 12.1. The number of hydrogen-bond donors (Lipinski definition) is 2. The van der Waals surface area contributed by atoms with Gasteiger partial charge < -0.3 is 20.3 Å². The molecule has 1 aliphatic heterocycles. The minimum atomic E-state index is -0.147. The summed E-state index contributed by atoms with van der Waals surface area (Å²) in [6.07, 6.45) is 0. The van der Waals surface area contributed by atoms with Crippen molar-refractivity contribution in [3.05, 3.63) is 24.3 Å². The first-order valence-electron chi connectivity index (χ1n) is 7.69. The highest BCUT2D eigenvalue weighted by molar-refractivity contribution is 5.92. The Balaban J connectivity index is 1.76. The first-order valence-corrected chi connectivity index (χ1v) is 7.69. The number of hydrogen-bond acceptors (Lipinski definition) is 5. The van der Waals surface area contributed by atoms with Gasteiger partial charge in [0.25, 0.3) is 0 Å². The summed E-state index contributed by atoms with van der Waals surface area (Å²) >= 11 is 0. The zero-order chi connectivity index (χ0) is 16.7. The zero-order valence-electron chi connectivity index (χ0n) is 13.7. The van der Waals surface area contributed by atoms with Crippen LogP contribution in [-0.4, -0.2) is 75.0 Å². The lowest BCUT2D eigenvalue weighted by Gasteiger charge is -2.29. The molecule has 23 heavy (non-hydrogen) atoms. The SMILES string of the molecule is COc1ccc(NC(=O)CN(C)CC(=O)N2CCNCC2)cc1. The first kappa shape index (κ1) is 17.2. The Labute approximate surface area is 136 Å². The molecule has 0 unspecified atom stereocenters. The summed E-state index contributed by atoms with van der Waals surface area (Å²) in [4.78, 5) is 27.7. The molecule has 0 saturated carbocycles. The smallest absolute Gasteiger partial charge is 0.238 e. The summed E-state index contributed by atoms with van der Waals surface area (Å²) in [5.41, 5.74) is 0.706. The number of carbonyl (C=O) groups excluding carboxylic acids is 2. The van der Waals surface area contributed by atoms with Crippen LogP contribution >= 0.6 is 0 Å². The van der Waals surface area contributed by atoms with E-state index in [0.717, 1.165) is 31.9 Å². The monoisotopic (exact) mass is 320 g/mol. The maximum atomic E-state index is 12.1. The van der Waals surface area contributed by atoms with Crippen molar-refractivity contribution in [2.75, 3.05) is 58.7 Å². The van der Waals surface area contributed by atoms with Crippen LogP contribution < -0.4 is 15.4 Å². The standard InChI is InChI=1S/C16H24N4O3/c1-19(12-16(22)20-9-7-17-8-10-20)11-15(21)18-13-3-5-14(23-2)6-4-13/h3-6,17H,7-12H2,1-2H3,(H,18,21). The van der Waals surface area contributed by atoms with Crippen LogP contribution in [0.5, 0.6) is 5.75 Å². The number of amides is 2. The molecule has 2 N–H and O–H groups in total. The third-order valence-electron chi connectivity index (χ3n) is 3.66. The quantitative estimate of drug-likeness (QED) is 0.772. The Hall–Kier alpha value is -2.12. The van der Waals surface area contributed by atoms with Crippen LogP contribution in [0.4, 0.5) is 5.69 Å². The lowest BCUT2D eigenvalue weighted by molar-refractivity contribution is -0.133. The topological polar surface area (TPSA) is 73.9 Å². The van der Waals surface area contributed by atoms with Crippen LogP contribution in [0.1, 0.15) is 0 Å². The van der Waals surface area contributed by atoms with Gasteiger partial charge in [0.2, 0.25) is 11.8 Å². The summed E-state index contributed by atoms with van der Waals surface area (Å²) in [6.45, 7) is 3.52. The lowest BCUT2D eigenvalue weighted by Crippen LogP contribution is -2.49. The van der Waals surface area contributed by atoms with Gasteiger partial charge in [-0.15, -0.1) is 0 Å². The Bertz CT molecular complexity index is 527. The van der Waals surface area contributed by atoms with Gasteiger partial charge in [-0.05, 0) is 31.3 Å². The van der Waals surface area contributed by atoms with E-state index in [0.29, 0.717) is 5.69 Å². The summed E-state index contributed by atoms with van der Waals surface area (Å²) in [6, 6.07) is 7.13. The van der Waals surface area contributed by atoms with Gasteiger partial charge in [0.1, 0.15) is 5.75 Å². The second kappa shape index (κ2) is 8.50. The molecule has 0 atom stereocenters. The number of methoxy groups -OCH3 is 1. The molecule has 1 fully saturated rings. The molecule has 0 spiro atoms. The third-order valence-corrected chi connectivity index (χ3v) is 3.66. The van der Waals surface area contributed by atoms with Crippen molar-refractivity contribution in [1.29, 1.82) is 0 Å². The molecule has 1 aromatic carbocycles. The molecule has 126 valence electrons. The van der Waals surface area contributed by atoms with Crippen LogP contribution in [-0.2, 0) is 9.59 Å². The lowest BCUT2D eigenvalue weighted by atomic mass is 10.3. The fourth-order valence-electron chi connectivity index (χ4n) is 2.42. The highest BCUT2D eigenvalue weighted by Gasteiger charge is 2.18. The molecule has 1 aliphatic rings.